The molecule has 2 aromatic rings. The molecule has 0 N–H and O–H groups in total. The minimum Gasteiger partial charge on any atom is -0.198 e. The highest BCUT2D eigenvalue weighted by Crippen LogP contribution is 2.03. The van der Waals surface area contributed by atoms with Gasteiger partial charge in [-0.3, -0.25) is 0 Å². The molecule has 2 aromatic heterocycles. The highest BCUT2D eigenvalue weighted by molar-refractivity contribution is 5.27. The van der Waals surface area contributed by atoms with Gasteiger partial charge in [0.05, 0.1) is 11.4 Å². The van der Waals surface area contributed by atoms with Crippen LogP contribution in [0.3, 0.4) is 0 Å². The number of nitrogens with zero attached hydrogens (tertiary/aromatic N) is 5. The van der Waals surface area contributed by atoms with Crippen molar-refractivity contribution >= 4 is 5.78 Å². The van der Waals surface area contributed by atoms with E-state index in [1.807, 2.05) is 20.8 Å². The van der Waals surface area contributed by atoms with Gasteiger partial charge in [-0.2, -0.15) is 14.6 Å². The molecule has 0 aromatic carbocycles. The average molecular weight is 163 g/mol. The second kappa shape index (κ2) is 2.23. The van der Waals surface area contributed by atoms with E-state index in [0.29, 0.717) is 5.78 Å². The first-order valence-corrected chi connectivity index (χ1v) is 3.72. The Kier molecular flexibility index (Phi) is 1.33. The Morgan fingerprint density at radius 3 is 2.58 bits per heavy atom. The van der Waals surface area contributed by atoms with Crippen molar-refractivity contribution in [2.75, 3.05) is 0 Å². The molecule has 0 bridgehead atoms. The fourth-order valence-corrected chi connectivity index (χ4v) is 1.04. The van der Waals surface area contributed by atoms with Crippen LogP contribution in [-0.4, -0.2) is 24.8 Å². The predicted octanol–water partition coefficient (Wildman–Crippen LogP) is 0.445. The maximum atomic E-state index is 4.18. The van der Waals surface area contributed by atoms with Crippen molar-refractivity contribution in [1.82, 2.24) is 24.8 Å². The van der Waals surface area contributed by atoms with Crippen molar-refractivity contribution in [3.8, 4) is 0 Å². The molecule has 0 radical (unpaired) electrons. The predicted molar refractivity (Wildman–Crippen MR) is 42.8 cm³/mol. The van der Waals surface area contributed by atoms with E-state index in [-0.39, 0.29) is 0 Å². The summed E-state index contributed by atoms with van der Waals surface area (Å²) in [5.41, 5.74) is 1.87. The first-order valence-electron chi connectivity index (χ1n) is 3.72. The number of aryl methyl sites for hydroxylation is 3. The number of fused-ring (bicyclic) bond motifs is 1. The molecule has 0 aliphatic rings. The topological polar surface area (TPSA) is 56.0 Å². The summed E-state index contributed by atoms with van der Waals surface area (Å²) in [6.07, 6.45) is 0. The molecule has 5 heteroatoms. The van der Waals surface area contributed by atoms with Crippen LogP contribution in [0, 0.1) is 20.8 Å². The van der Waals surface area contributed by atoms with Crippen LogP contribution < -0.4 is 0 Å². The smallest absolute Gasteiger partial charge is 0.198 e. The van der Waals surface area contributed by atoms with E-state index in [1.54, 1.807) is 4.52 Å². The van der Waals surface area contributed by atoms with Gasteiger partial charge in [0.25, 0.3) is 5.78 Å². The molecule has 0 unspecified atom stereocenters. The lowest BCUT2D eigenvalue weighted by Crippen LogP contribution is -2.01. The van der Waals surface area contributed by atoms with E-state index in [0.717, 1.165) is 17.2 Å². The summed E-state index contributed by atoms with van der Waals surface area (Å²) in [6.45, 7) is 5.69. The summed E-state index contributed by atoms with van der Waals surface area (Å²) in [5.74, 6) is 1.29. The third-order valence-corrected chi connectivity index (χ3v) is 1.83. The van der Waals surface area contributed by atoms with E-state index in [2.05, 4.69) is 20.3 Å². The van der Waals surface area contributed by atoms with Crippen LogP contribution in [0.2, 0.25) is 0 Å². The number of rotatable bonds is 0. The average Bonchev–Trinajstić information content (AvgIpc) is 2.39. The quantitative estimate of drug-likeness (QED) is 0.565. The lowest BCUT2D eigenvalue weighted by Gasteiger charge is -1.97. The van der Waals surface area contributed by atoms with Crippen molar-refractivity contribution < 1.29 is 0 Å². The molecule has 0 spiro atoms. The fraction of sp³-hybridized carbons (Fsp3) is 0.429. The first kappa shape index (κ1) is 7.15. The van der Waals surface area contributed by atoms with Gasteiger partial charge in [0, 0.05) is 0 Å². The maximum absolute atomic E-state index is 4.18. The third-order valence-electron chi connectivity index (χ3n) is 1.83. The number of hydrogen-bond acceptors (Lipinski definition) is 4. The van der Waals surface area contributed by atoms with Gasteiger partial charge in [-0.05, 0) is 20.8 Å². The summed E-state index contributed by atoms with van der Waals surface area (Å²) in [5, 5.41) is 12.0. The Morgan fingerprint density at radius 1 is 1.08 bits per heavy atom. The van der Waals surface area contributed by atoms with Gasteiger partial charge < -0.3 is 0 Å². The summed E-state index contributed by atoms with van der Waals surface area (Å²) >= 11 is 0. The first-order chi connectivity index (χ1) is 5.68. The zero-order valence-corrected chi connectivity index (χ0v) is 7.24. The minimum absolute atomic E-state index is 0.565. The highest BCUT2D eigenvalue weighted by Gasteiger charge is 2.05. The lowest BCUT2D eigenvalue weighted by molar-refractivity contribution is 0.815. The molecule has 0 saturated heterocycles. The largest absolute Gasteiger partial charge is 0.272 e. The zero-order chi connectivity index (χ0) is 8.72. The standard InChI is InChI=1S/C7H9N5/c1-4-5(2)12-7(10-9-4)8-6(3)11-12/h1-3H3. The van der Waals surface area contributed by atoms with Crippen LogP contribution in [0.1, 0.15) is 17.2 Å². The molecule has 12 heavy (non-hydrogen) atoms. The number of hydrogen-bond donors (Lipinski definition) is 0. The van der Waals surface area contributed by atoms with Gasteiger partial charge in [0.1, 0.15) is 5.82 Å². The molecule has 2 rings (SSSR count). The second-order valence-electron chi connectivity index (χ2n) is 2.74. The lowest BCUT2D eigenvalue weighted by atomic mass is 10.4. The Hall–Kier alpha value is -1.52. The van der Waals surface area contributed by atoms with Crippen LogP contribution in [-0.2, 0) is 0 Å². The van der Waals surface area contributed by atoms with E-state index in [1.165, 1.54) is 0 Å². The monoisotopic (exact) mass is 163 g/mol. The summed E-state index contributed by atoms with van der Waals surface area (Å²) < 4.78 is 1.71. The molecular weight excluding hydrogens is 154 g/mol. The second-order valence-corrected chi connectivity index (χ2v) is 2.74. The van der Waals surface area contributed by atoms with Crippen molar-refractivity contribution in [2.45, 2.75) is 20.8 Å². The molecular formula is C7H9N5. The van der Waals surface area contributed by atoms with Gasteiger partial charge in [-0.1, -0.05) is 0 Å². The Morgan fingerprint density at radius 2 is 1.83 bits per heavy atom. The van der Waals surface area contributed by atoms with E-state index >= 15 is 0 Å². The van der Waals surface area contributed by atoms with Crippen LogP contribution in [0.4, 0.5) is 0 Å². The van der Waals surface area contributed by atoms with Gasteiger partial charge >= 0.3 is 0 Å². The van der Waals surface area contributed by atoms with Crippen molar-refractivity contribution in [3.05, 3.63) is 17.2 Å². The van der Waals surface area contributed by atoms with Gasteiger partial charge in [-0.15, -0.1) is 10.2 Å². The minimum atomic E-state index is 0.565. The fourth-order valence-electron chi connectivity index (χ4n) is 1.04. The van der Waals surface area contributed by atoms with E-state index in [9.17, 15) is 0 Å². The maximum Gasteiger partial charge on any atom is 0.272 e. The van der Waals surface area contributed by atoms with Crippen molar-refractivity contribution in [1.29, 1.82) is 0 Å². The van der Waals surface area contributed by atoms with Crippen LogP contribution in [0.25, 0.3) is 5.78 Å². The molecule has 62 valence electrons. The molecule has 2 heterocycles. The van der Waals surface area contributed by atoms with Gasteiger partial charge in [0.2, 0.25) is 0 Å². The van der Waals surface area contributed by atoms with Crippen molar-refractivity contribution in [2.24, 2.45) is 0 Å². The molecule has 0 aliphatic heterocycles. The van der Waals surface area contributed by atoms with Gasteiger partial charge in [-0.25, -0.2) is 0 Å². The van der Waals surface area contributed by atoms with E-state index in [4.69, 9.17) is 0 Å². The molecule has 5 nitrogen and oxygen atoms in total. The summed E-state index contributed by atoms with van der Waals surface area (Å²) in [6, 6.07) is 0. The summed E-state index contributed by atoms with van der Waals surface area (Å²) in [4.78, 5) is 4.09. The van der Waals surface area contributed by atoms with E-state index < -0.39 is 0 Å². The summed E-state index contributed by atoms with van der Waals surface area (Å²) in [7, 11) is 0. The molecule has 0 saturated carbocycles. The molecule has 0 amide bonds. The van der Waals surface area contributed by atoms with Crippen LogP contribution in [0.15, 0.2) is 0 Å². The number of aromatic nitrogens is 5. The SMILES string of the molecule is Cc1nc2nnc(C)c(C)n2n1. The van der Waals surface area contributed by atoms with Crippen molar-refractivity contribution in [3.63, 3.8) is 0 Å². The Labute approximate surface area is 69.5 Å². The van der Waals surface area contributed by atoms with Gasteiger partial charge in [0.15, 0.2) is 0 Å². The van der Waals surface area contributed by atoms with Crippen LogP contribution >= 0.6 is 0 Å². The normalized spacial score (nSPS) is 10.9. The molecule has 0 fully saturated rings. The zero-order valence-electron chi connectivity index (χ0n) is 7.24. The highest BCUT2D eigenvalue weighted by atomic mass is 15.4. The Bertz CT molecular complexity index is 431. The van der Waals surface area contributed by atoms with Crippen LogP contribution in [0.5, 0.6) is 0 Å². The Balaban J connectivity index is 2.89. The molecule has 0 atom stereocenters. The third kappa shape index (κ3) is 0.861. The molecule has 0 aliphatic carbocycles.